The van der Waals surface area contributed by atoms with Crippen LogP contribution in [0.5, 0.6) is 5.75 Å². The van der Waals surface area contributed by atoms with Crippen LogP contribution in [0.2, 0.25) is 0 Å². The number of nitrogens with one attached hydrogen (secondary N) is 1. The largest absolute Gasteiger partial charge is 0.497 e. The summed E-state index contributed by atoms with van der Waals surface area (Å²) in [6.07, 6.45) is 0. The molecular formula is C21H19NO2S. The van der Waals surface area contributed by atoms with Crippen molar-refractivity contribution >= 4 is 23.4 Å². The average molecular weight is 349 g/mol. The lowest BCUT2D eigenvalue weighted by Crippen LogP contribution is -2.13. The number of hydrogen-bond acceptors (Lipinski definition) is 3. The van der Waals surface area contributed by atoms with Gasteiger partial charge in [-0.1, -0.05) is 48.5 Å². The molecule has 3 aromatic carbocycles. The van der Waals surface area contributed by atoms with Crippen LogP contribution in [-0.2, 0) is 5.75 Å². The summed E-state index contributed by atoms with van der Waals surface area (Å²) in [5.41, 5.74) is 2.62. The van der Waals surface area contributed by atoms with Gasteiger partial charge in [0.15, 0.2) is 0 Å². The van der Waals surface area contributed by atoms with Crippen LogP contribution in [0.1, 0.15) is 15.9 Å². The van der Waals surface area contributed by atoms with E-state index in [0.29, 0.717) is 17.0 Å². The van der Waals surface area contributed by atoms with Crippen molar-refractivity contribution in [1.82, 2.24) is 0 Å². The zero-order chi connectivity index (χ0) is 17.5. The van der Waals surface area contributed by atoms with Crippen molar-refractivity contribution in [1.29, 1.82) is 0 Å². The average Bonchev–Trinajstić information content (AvgIpc) is 2.67. The van der Waals surface area contributed by atoms with Crippen LogP contribution >= 0.6 is 11.8 Å². The zero-order valence-corrected chi connectivity index (χ0v) is 14.8. The first-order chi connectivity index (χ1) is 12.3. The van der Waals surface area contributed by atoms with Crippen LogP contribution in [0.25, 0.3) is 0 Å². The molecule has 0 saturated heterocycles. The van der Waals surface area contributed by atoms with Crippen molar-refractivity contribution in [2.45, 2.75) is 10.6 Å². The molecule has 0 unspecified atom stereocenters. The third-order valence-corrected chi connectivity index (χ3v) is 4.84. The number of carbonyl (C=O) groups excluding carboxylic acids is 1. The Kier molecular flexibility index (Phi) is 5.75. The van der Waals surface area contributed by atoms with Gasteiger partial charge in [0.2, 0.25) is 0 Å². The first-order valence-electron chi connectivity index (χ1n) is 7.97. The summed E-state index contributed by atoms with van der Waals surface area (Å²) in [5, 5.41) is 2.94. The van der Waals surface area contributed by atoms with Crippen LogP contribution in [0, 0.1) is 0 Å². The molecule has 0 fully saturated rings. The Morgan fingerprint density at radius 1 is 0.960 bits per heavy atom. The number of anilines is 1. The van der Waals surface area contributed by atoms with Crippen LogP contribution in [-0.4, -0.2) is 13.0 Å². The van der Waals surface area contributed by atoms with Gasteiger partial charge < -0.3 is 10.1 Å². The van der Waals surface area contributed by atoms with E-state index < -0.39 is 0 Å². The van der Waals surface area contributed by atoms with Crippen molar-refractivity contribution in [2.24, 2.45) is 0 Å². The van der Waals surface area contributed by atoms with E-state index >= 15 is 0 Å². The first kappa shape index (κ1) is 17.1. The van der Waals surface area contributed by atoms with Gasteiger partial charge in [0.05, 0.1) is 12.7 Å². The van der Waals surface area contributed by atoms with Gasteiger partial charge in [-0.15, -0.1) is 11.8 Å². The number of hydrogen-bond donors (Lipinski definition) is 1. The Morgan fingerprint density at radius 3 is 2.52 bits per heavy atom. The lowest BCUT2D eigenvalue weighted by molar-refractivity contribution is 0.102. The number of methoxy groups -OCH3 is 1. The summed E-state index contributed by atoms with van der Waals surface area (Å²) in [6.45, 7) is 0. The third kappa shape index (κ3) is 4.64. The normalized spacial score (nSPS) is 10.3. The molecule has 0 aliphatic carbocycles. The quantitative estimate of drug-likeness (QED) is 0.619. The van der Waals surface area contributed by atoms with Gasteiger partial charge in [-0.3, -0.25) is 4.79 Å². The standard InChI is InChI=1S/C21H19NO2S/c1-24-18-11-7-10-17(14-18)22-21(23)19-12-5-6-13-20(19)25-15-16-8-3-2-4-9-16/h2-14H,15H2,1H3,(H,22,23). The van der Waals surface area contributed by atoms with Gasteiger partial charge >= 0.3 is 0 Å². The molecule has 0 heterocycles. The third-order valence-electron chi connectivity index (χ3n) is 3.70. The second-order valence-corrected chi connectivity index (χ2v) is 6.47. The lowest BCUT2D eigenvalue weighted by Gasteiger charge is -2.11. The van der Waals surface area contributed by atoms with Gasteiger partial charge in [-0.2, -0.15) is 0 Å². The maximum absolute atomic E-state index is 12.7. The van der Waals surface area contributed by atoms with Crippen molar-refractivity contribution in [2.75, 3.05) is 12.4 Å². The molecule has 1 amide bonds. The Bertz CT molecular complexity index is 849. The van der Waals surface area contributed by atoms with Crippen molar-refractivity contribution in [3.8, 4) is 5.75 Å². The highest BCUT2D eigenvalue weighted by molar-refractivity contribution is 7.98. The van der Waals surface area contributed by atoms with Gasteiger partial charge in [-0.05, 0) is 29.8 Å². The maximum atomic E-state index is 12.7. The smallest absolute Gasteiger partial charge is 0.256 e. The number of thioether (sulfide) groups is 1. The molecule has 0 saturated carbocycles. The van der Waals surface area contributed by atoms with Gasteiger partial charge in [0.1, 0.15) is 5.75 Å². The lowest BCUT2D eigenvalue weighted by atomic mass is 10.2. The Labute approximate surface area is 152 Å². The van der Waals surface area contributed by atoms with E-state index in [4.69, 9.17) is 4.74 Å². The second-order valence-electron chi connectivity index (χ2n) is 5.46. The first-order valence-corrected chi connectivity index (χ1v) is 8.96. The predicted molar refractivity (Wildman–Crippen MR) is 103 cm³/mol. The number of amides is 1. The predicted octanol–water partition coefficient (Wildman–Crippen LogP) is 5.24. The molecule has 126 valence electrons. The van der Waals surface area contributed by atoms with E-state index in [-0.39, 0.29) is 5.91 Å². The molecule has 0 bridgehead atoms. The summed E-state index contributed by atoms with van der Waals surface area (Å²) in [4.78, 5) is 13.6. The fourth-order valence-corrected chi connectivity index (χ4v) is 3.42. The zero-order valence-electron chi connectivity index (χ0n) is 13.9. The molecular weight excluding hydrogens is 330 g/mol. The van der Waals surface area contributed by atoms with E-state index in [2.05, 4.69) is 17.4 Å². The van der Waals surface area contributed by atoms with Crippen molar-refractivity contribution in [3.05, 3.63) is 90.0 Å². The summed E-state index contributed by atoms with van der Waals surface area (Å²) in [7, 11) is 1.61. The molecule has 3 nitrogen and oxygen atoms in total. The summed E-state index contributed by atoms with van der Waals surface area (Å²) in [5.74, 6) is 1.42. The van der Waals surface area contributed by atoms with Crippen molar-refractivity contribution in [3.63, 3.8) is 0 Å². The number of rotatable bonds is 6. The molecule has 0 aliphatic rings. The molecule has 0 aromatic heterocycles. The van der Waals surface area contributed by atoms with Crippen LogP contribution < -0.4 is 10.1 Å². The fraction of sp³-hybridized carbons (Fsp3) is 0.0952. The van der Waals surface area contributed by atoms with Gasteiger partial charge in [0.25, 0.3) is 5.91 Å². The van der Waals surface area contributed by atoms with E-state index in [1.807, 2.05) is 60.7 Å². The van der Waals surface area contributed by atoms with Gasteiger partial charge in [-0.25, -0.2) is 0 Å². The monoisotopic (exact) mass is 349 g/mol. The summed E-state index contributed by atoms with van der Waals surface area (Å²) < 4.78 is 5.20. The number of carbonyl (C=O) groups is 1. The van der Waals surface area contributed by atoms with Crippen molar-refractivity contribution < 1.29 is 9.53 Å². The molecule has 0 spiro atoms. The molecule has 1 N–H and O–H groups in total. The van der Waals surface area contributed by atoms with E-state index in [1.165, 1.54) is 5.56 Å². The SMILES string of the molecule is COc1cccc(NC(=O)c2ccccc2SCc2ccccc2)c1. The maximum Gasteiger partial charge on any atom is 0.256 e. The van der Waals surface area contributed by atoms with Crippen LogP contribution in [0.3, 0.4) is 0 Å². The highest BCUT2D eigenvalue weighted by Gasteiger charge is 2.12. The molecule has 0 radical (unpaired) electrons. The summed E-state index contributed by atoms with van der Waals surface area (Å²) >= 11 is 1.66. The molecule has 0 aliphatic heterocycles. The molecule has 3 rings (SSSR count). The summed E-state index contributed by atoms with van der Waals surface area (Å²) in [6, 6.07) is 25.2. The van der Waals surface area contributed by atoms with Crippen LogP contribution in [0.15, 0.2) is 83.8 Å². The Balaban J connectivity index is 1.74. The van der Waals surface area contributed by atoms with E-state index in [9.17, 15) is 4.79 Å². The molecule has 25 heavy (non-hydrogen) atoms. The Morgan fingerprint density at radius 2 is 1.72 bits per heavy atom. The van der Waals surface area contributed by atoms with Gasteiger partial charge in [0, 0.05) is 22.4 Å². The fourth-order valence-electron chi connectivity index (χ4n) is 2.41. The molecule has 4 heteroatoms. The van der Waals surface area contributed by atoms with E-state index in [0.717, 1.165) is 10.6 Å². The highest BCUT2D eigenvalue weighted by atomic mass is 32.2. The minimum absolute atomic E-state index is 0.121. The second kappa shape index (κ2) is 8.40. The Hall–Kier alpha value is -2.72. The number of benzene rings is 3. The minimum atomic E-state index is -0.121. The van der Waals surface area contributed by atoms with Crippen LogP contribution in [0.4, 0.5) is 5.69 Å². The number of ether oxygens (including phenoxy) is 1. The molecule has 0 atom stereocenters. The topological polar surface area (TPSA) is 38.3 Å². The van der Waals surface area contributed by atoms with E-state index in [1.54, 1.807) is 24.9 Å². The highest BCUT2D eigenvalue weighted by Crippen LogP contribution is 2.27. The molecule has 3 aromatic rings. The minimum Gasteiger partial charge on any atom is -0.497 e.